The molecule has 0 radical (unpaired) electrons. The molecule has 3 aromatic carbocycles. The van der Waals surface area contributed by atoms with E-state index in [0.29, 0.717) is 25.9 Å². The lowest BCUT2D eigenvalue weighted by Crippen LogP contribution is -2.54. The fourth-order valence-electron chi connectivity index (χ4n) is 7.68. The van der Waals surface area contributed by atoms with Gasteiger partial charge in [0.15, 0.2) is 0 Å². The molecule has 2 heterocycles. The number of likely N-dealkylation sites (tertiary alicyclic amines) is 2. The number of rotatable bonds is 8. The third-order valence-electron chi connectivity index (χ3n) is 10.0. The fraction of sp³-hybridized carbons (Fsp3) is 0.432. The normalized spacial score (nSPS) is 23.8. The Morgan fingerprint density at radius 2 is 1.14 bits per heavy atom. The molecule has 6 rings (SSSR count). The number of nitrogens with one attached hydrogen (secondary N) is 1. The van der Waals surface area contributed by atoms with Crippen LogP contribution < -0.4 is 11.1 Å². The maximum atomic E-state index is 14.5. The number of amides is 3. The Balaban J connectivity index is 1.25. The molecule has 3 amide bonds. The first-order valence-corrected chi connectivity index (χ1v) is 16.3. The van der Waals surface area contributed by atoms with E-state index in [-0.39, 0.29) is 36.2 Å². The largest absolute Gasteiger partial charge is 0.352 e. The fourth-order valence-corrected chi connectivity index (χ4v) is 7.68. The van der Waals surface area contributed by atoms with Crippen molar-refractivity contribution in [1.82, 2.24) is 15.1 Å². The van der Waals surface area contributed by atoms with Crippen LogP contribution in [0.3, 0.4) is 0 Å². The zero-order valence-electron chi connectivity index (χ0n) is 25.4. The van der Waals surface area contributed by atoms with Gasteiger partial charge in [-0.25, -0.2) is 0 Å². The molecule has 230 valence electrons. The minimum Gasteiger partial charge on any atom is -0.352 e. The Morgan fingerprint density at radius 3 is 1.66 bits per heavy atom. The van der Waals surface area contributed by atoms with Gasteiger partial charge in [0.2, 0.25) is 17.7 Å². The summed E-state index contributed by atoms with van der Waals surface area (Å²) < 4.78 is 0. The van der Waals surface area contributed by atoms with E-state index in [4.69, 9.17) is 5.73 Å². The summed E-state index contributed by atoms with van der Waals surface area (Å²) in [5.74, 6) is -0.205. The van der Waals surface area contributed by atoms with Crippen molar-refractivity contribution < 1.29 is 14.4 Å². The maximum absolute atomic E-state index is 14.5. The summed E-state index contributed by atoms with van der Waals surface area (Å²) in [6, 6.07) is 29.9. The lowest BCUT2D eigenvalue weighted by Gasteiger charge is -2.38. The Morgan fingerprint density at radius 1 is 0.659 bits per heavy atom. The van der Waals surface area contributed by atoms with Crippen molar-refractivity contribution in [3.8, 4) is 0 Å². The third kappa shape index (κ3) is 6.03. The van der Waals surface area contributed by atoms with Gasteiger partial charge in [-0.3, -0.25) is 14.4 Å². The topological polar surface area (TPSA) is 95.7 Å². The summed E-state index contributed by atoms with van der Waals surface area (Å²) in [5, 5.41) is 3.21. The molecular weight excluding hydrogens is 548 g/mol. The SMILES string of the molecule is NC1CCC(NC(=O)[C@H]2CCCN2C(=O)[C@@H]2CCCN2C(=O)CC(c2ccccc2)(c2ccccc2)c2ccccc2)CC1. The summed E-state index contributed by atoms with van der Waals surface area (Å²) in [7, 11) is 0. The number of carbonyl (C=O) groups is 3. The second kappa shape index (κ2) is 13.3. The van der Waals surface area contributed by atoms with Gasteiger partial charge in [0.1, 0.15) is 12.1 Å². The van der Waals surface area contributed by atoms with E-state index in [9.17, 15) is 14.4 Å². The molecule has 44 heavy (non-hydrogen) atoms. The van der Waals surface area contributed by atoms with Gasteiger partial charge >= 0.3 is 0 Å². The zero-order valence-corrected chi connectivity index (χ0v) is 25.4. The molecule has 3 aliphatic rings. The van der Waals surface area contributed by atoms with Crippen molar-refractivity contribution in [2.75, 3.05) is 13.1 Å². The highest BCUT2D eigenvalue weighted by Gasteiger charge is 2.45. The van der Waals surface area contributed by atoms with Crippen molar-refractivity contribution in [2.24, 2.45) is 5.73 Å². The van der Waals surface area contributed by atoms with Gasteiger partial charge in [-0.15, -0.1) is 0 Å². The summed E-state index contributed by atoms with van der Waals surface area (Å²) >= 11 is 0. The van der Waals surface area contributed by atoms with Crippen molar-refractivity contribution >= 4 is 17.7 Å². The minimum atomic E-state index is -0.727. The van der Waals surface area contributed by atoms with Gasteiger partial charge < -0.3 is 20.9 Å². The van der Waals surface area contributed by atoms with E-state index < -0.39 is 17.5 Å². The molecule has 3 N–H and O–H groups in total. The highest BCUT2D eigenvalue weighted by Crippen LogP contribution is 2.43. The Bertz CT molecular complexity index is 1330. The van der Waals surface area contributed by atoms with Crippen LogP contribution in [-0.4, -0.2) is 64.8 Å². The average molecular weight is 593 g/mol. The summed E-state index contributed by atoms with van der Waals surface area (Å²) in [5.41, 5.74) is 8.44. The van der Waals surface area contributed by atoms with Gasteiger partial charge in [0.25, 0.3) is 0 Å². The number of nitrogens with two attached hydrogens (primary N) is 1. The first-order chi connectivity index (χ1) is 21.5. The summed E-state index contributed by atoms with van der Waals surface area (Å²) in [6.07, 6.45) is 6.61. The molecule has 0 aromatic heterocycles. The Kier molecular flexibility index (Phi) is 9.12. The van der Waals surface area contributed by atoms with E-state index in [2.05, 4.69) is 41.7 Å². The van der Waals surface area contributed by atoms with Crippen LogP contribution in [0.5, 0.6) is 0 Å². The molecule has 7 nitrogen and oxygen atoms in total. The van der Waals surface area contributed by atoms with E-state index in [1.165, 1.54) is 0 Å². The van der Waals surface area contributed by atoms with Crippen LogP contribution in [-0.2, 0) is 19.8 Å². The molecule has 0 bridgehead atoms. The molecule has 2 atom stereocenters. The van der Waals surface area contributed by atoms with Crippen molar-refractivity contribution in [3.63, 3.8) is 0 Å². The zero-order chi connectivity index (χ0) is 30.5. The third-order valence-corrected chi connectivity index (χ3v) is 10.0. The van der Waals surface area contributed by atoms with Gasteiger partial charge in [-0.05, 0) is 68.1 Å². The van der Waals surface area contributed by atoms with E-state index in [1.807, 2.05) is 54.6 Å². The number of benzene rings is 3. The number of hydrogen-bond donors (Lipinski definition) is 2. The smallest absolute Gasteiger partial charge is 0.246 e. The monoisotopic (exact) mass is 592 g/mol. The second-order valence-corrected chi connectivity index (χ2v) is 12.7. The standard InChI is InChI=1S/C37H44N4O3/c38-30-20-22-31(23-21-30)39-35(43)32-18-10-25-41(32)36(44)33-19-11-24-40(33)34(42)26-37(27-12-4-1-5-13-27,28-14-6-2-7-15-28)29-16-8-3-9-17-29/h1-9,12-17,30-33H,10-11,18-26,38H2,(H,39,43)/t30?,31?,32-,33+/m1/s1. The predicted molar refractivity (Wildman–Crippen MR) is 172 cm³/mol. The van der Waals surface area contributed by atoms with Gasteiger partial charge in [0, 0.05) is 31.6 Å². The van der Waals surface area contributed by atoms with Crippen LogP contribution >= 0.6 is 0 Å². The van der Waals surface area contributed by atoms with Gasteiger partial charge in [-0.1, -0.05) is 91.0 Å². The maximum Gasteiger partial charge on any atom is 0.246 e. The molecule has 1 aliphatic carbocycles. The van der Waals surface area contributed by atoms with E-state index in [1.54, 1.807) is 9.80 Å². The minimum absolute atomic E-state index is 0.0452. The first kappa shape index (κ1) is 30.1. The van der Waals surface area contributed by atoms with Crippen LogP contribution in [0, 0.1) is 0 Å². The van der Waals surface area contributed by atoms with Crippen LogP contribution in [0.1, 0.15) is 74.5 Å². The highest BCUT2D eigenvalue weighted by atomic mass is 16.2. The molecule has 1 saturated carbocycles. The number of hydrogen-bond acceptors (Lipinski definition) is 4. The van der Waals surface area contributed by atoms with E-state index >= 15 is 0 Å². The highest BCUT2D eigenvalue weighted by molar-refractivity contribution is 5.93. The van der Waals surface area contributed by atoms with Crippen LogP contribution in [0.25, 0.3) is 0 Å². The second-order valence-electron chi connectivity index (χ2n) is 12.7. The lowest BCUT2D eigenvalue weighted by molar-refractivity contribution is -0.147. The van der Waals surface area contributed by atoms with Crippen LogP contribution in [0.2, 0.25) is 0 Å². The molecule has 2 aliphatic heterocycles. The Labute approximate surface area is 260 Å². The van der Waals surface area contributed by atoms with Crippen LogP contribution in [0.4, 0.5) is 0 Å². The van der Waals surface area contributed by atoms with Gasteiger partial charge in [-0.2, -0.15) is 0 Å². The summed E-state index contributed by atoms with van der Waals surface area (Å²) in [4.78, 5) is 45.5. The van der Waals surface area contributed by atoms with Crippen molar-refractivity contribution in [3.05, 3.63) is 108 Å². The molecule has 0 unspecified atom stereocenters. The quantitative estimate of drug-likeness (QED) is 0.368. The molecule has 0 spiro atoms. The first-order valence-electron chi connectivity index (χ1n) is 16.3. The van der Waals surface area contributed by atoms with Crippen molar-refractivity contribution in [1.29, 1.82) is 0 Å². The van der Waals surface area contributed by atoms with Gasteiger partial charge in [0.05, 0.1) is 5.41 Å². The van der Waals surface area contributed by atoms with E-state index in [0.717, 1.165) is 55.2 Å². The number of nitrogens with zero attached hydrogens (tertiary/aromatic N) is 2. The lowest BCUT2D eigenvalue weighted by atomic mass is 9.67. The predicted octanol–water partition coefficient (Wildman–Crippen LogP) is 4.78. The molecule has 2 saturated heterocycles. The molecular formula is C37H44N4O3. The van der Waals surface area contributed by atoms with Crippen molar-refractivity contribution in [2.45, 2.75) is 87.4 Å². The average Bonchev–Trinajstić information content (AvgIpc) is 3.77. The number of carbonyl (C=O) groups excluding carboxylic acids is 3. The van der Waals surface area contributed by atoms with Crippen LogP contribution in [0.15, 0.2) is 91.0 Å². The Hall–Kier alpha value is -3.97. The molecule has 7 heteroatoms. The molecule has 3 fully saturated rings. The summed E-state index contributed by atoms with van der Waals surface area (Å²) in [6.45, 7) is 1.09. The molecule has 3 aromatic rings.